The molecule has 3 nitrogen and oxygen atoms in total. The number of methoxy groups -OCH3 is 1. The normalized spacial score (nSPS) is 15.8. The second kappa shape index (κ2) is 4.52. The van der Waals surface area contributed by atoms with Crippen molar-refractivity contribution in [1.29, 1.82) is 0 Å². The quantitative estimate of drug-likeness (QED) is 0.876. The first-order chi connectivity index (χ1) is 7.63. The molecule has 1 aromatic carbocycles. The fourth-order valence-electron chi connectivity index (χ4n) is 1.92. The van der Waals surface area contributed by atoms with Gasteiger partial charge in [0.05, 0.1) is 18.2 Å². The molecule has 0 radical (unpaired) electrons. The zero-order valence-electron chi connectivity index (χ0n) is 9.88. The number of nitrogens with zero attached hydrogens (tertiary/aromatic N) is 1. The Kier molecular flexibility index (Phi) is 3.26. The van der Waals surface area contributed by atoms with Crippen molar-refractivity contribution >= 4 is 17.3 Å². The zero-order chi connectivity index (χ0) is 11.7. The molecule has 1 heterocycles. The third kappa shape index (κ3) is 1.97. The Bertz CT molecular complexity index is 391. The Labute approximate surface area is 101 Å². The van der Waals surface area contributed by atoms with Crippen LogP contribution in [-0.2, 0) is 0 Å². The third-order valence-electron chi connectivity index (χ3n) is 3.16. The number of aryl methyl sites for hydroxylation is 1. The summed E-state index contributed by atoms with van der Waals surface area (Å²) in [5.74, 6) is 0.739. The molecule has 1 N–H and O–H groups in total. The molecule has 1 saturated heterocycles. The summed E-state index contributed by atoms with van der Waals surface area (Å²) in [5, 5.41) is 3.94. The van der Waals surface area contributed by atoms with Gasteiger partial charge >= 0.3 is 0 Å². The van der Waals surface area contributed by atoms with E-state index in [9.17, 15) is 0 Å². The topological polar surface area (TPSA) is 24.5 Å². The van der Waals surface area contributed by atoms with Crippen LogP contribution in [0.4, 0.5) is 5.69 Å². The number of likely N-dealkylation sites (N-methyl/N-ethyl adjacent to an activating group) is 1. The summed E-state index contributed by atoms with van der Waals surface area (Å²) in [6, 6.07) is 4.54. The van der Waals surface area contributed by atoms with Crippen molar-refractivity contribution in [2.75, 3.05) is 32.1 Å². The summed E-state index contributed by atoms with van der Waals surface area (Å²) in [4.78, 5) is 2.27. The van der Waals surface area contributed by atoms with Gasteiger partial charge in [0, 0.05) is 25.8 Å². The Morgan fingerprint density at radius 1 is 1.44 bits per heavy atom. The van der Waals surface area contributed by atoms with Crippen LogP contribution in [0.1, 0.15) is 5.56 Å². The zero-order valence-corrected chi connectivity index (χ0v) is 10.6. The fourth-order valence-corrected chi connectivity index (χ4v) is 2.16. The SMILES string of the molecule is COc1cc(C)c(N(C)C2CNC2)cc1Cl. The summed E-state index contributed by atoms with van der Waals surface area (Å²) < 4.78 is 5.20. The monoisotopic (exact) mass is 240 g/mol. The van der Waals surface area contributed by atoms with Gasteiger partial charge in [-0.2, -0.15) is 0 Å². The highest BCUT2D eigenvalue weighted by atomic mass is 35.5. The first kappa shape index (κ1) is 11.6. The highest BCUT2D eigenvalue weighted by Crippen LogP contribution is 2.33. The molecule has 0 aromatic heterocycles. The minimum atomic E-state index is 0.572. The van der Waals surface area contributed by atoms with Crippen molar-refractivity contribution in [3.05, 3.63) is 22.7 Å². The molecule has 16 heavy (non-hydrogen) atoms. The van der Waals surface area contributed by atoms with Crippen molar-refractivity contribution in [1.82, 2.24) is 5.32 Å². The summed E-state index contributed by atoms with van der Waals surface area (Å²) >= 11 is 6.14. The maximum Gasteiger partial charge on any atom is 0.137 e. The second-order valence-corrected chi connectivity index (χ2v) is 4.60. The van der Waals surface area contributed by atoms with Crippen molar-refractivity contribution in [3.63, 3.8) is 0 Å². The smallest absolute Gasteiger partial charge is 0.137 e. The van der Waals surface area contributed by atoms with E-state index >= 15 is 0 Å². The lowest BCUT2D eigenvalue weighted by Gasteiger charge is -2.38. The maximum absolute atomic E-state index is 6.14. The lowest BCUT2D eigenvalue weighted by atomic mass is 10.1. The van der Waals surface area contributed by atoms with E-state index in [1.807, 2.05) is 12.1 Å². The number of ether oxygens (including phenoxy) is 1. The number of hydrogen-bond donors (Lipinski definition) is 1. The van der Waals surface area contributed by atoms with E-state index in [1.165, 1.54) is 11.3 Å². The van der Waals surface area contributed by atoms with Crippen molar-refractivity contribution in [2.45, 2.75) is 13.0 Å². The molecule has 1 aromatic rings. The number of anilines is 1. The molecule has 4 heteroatoms. The van der Waals surface area contributed by atoms with E-state index in [2.05, 4.69) is 24.2 Å². The standard InChI is InChI=1S/C12H17ClN2O/c1-8-4-12(16-3)10(13)5-11(8)15(2)9-6-14-7-9/h4-5,9,14H,6-7H2,1-3H3. The van der Waals surface area contributed by atoms with E-state index in [0.717, 1.165) is 18.8 Å². The first-order valence-electron chi connectivity index (χ1n) is 5.41. The van der Waals surface area contributed by atoms with Crippen LogP contribution in [0.5, 0.6) is 5.75 Å². The molecule has 0 amide bonds. The van der Waals surface area contributed by atoms with E-state index in [1.54, 1.807) is 7.11 Å². The van der Waals surface area contributed by atoms with Crippen molar-refractivity contribution in [2.24, 2.45) is 0 Å². The van der Waals surface area contributed by atoms with Gasteiger partial charge in [-0.25, -0.2) is 0 Å². The van der Waals surface area contributed by atoms with Gasteiger partial charge in [-0.15, -0.1) is 0 Å². The third-order valence-corrected chi connectivity index (χ3v) is 3.45. The molecule has 0 unspecified atom stereocenters. The largest absolute Gasteiger partial charge is 0.495 e. The second-order valence-electron chi connectivity index (χ2n) is 4.20. The molecular weight excluding hydrogens is 224 g/mol. The maximum atomic E-state index is 6.14. The fraction of sp³-hybridized carbons (Fsp3) is 0.500. The lowest BCUT2D eigenvalue weighted by Crippen LogP contribution is -2.56. The van der Waals surface area contributed by atoms with Crippen LogP contribution < -0.4 is 15.0 Å². The van der Waals surface area contributed by atoms with Gasteiger partial charge in [0.1, 0.15) is 5.75 Å². The minimum absolute atomic E-state index is 0.572. The highest BCUT2D eigenvalue weighted by molar-refractivity contribution is 6.32. The Morgan fingerprint density at radius 3 is 2.62 bits per heavy atom. The number of rotatable bonds is 3. The molecule has 88 valence electrons. The summed E-state index contributed by atoms with van der Waals surface area (Å²) in [6.45, 7) is 4.16. The molecule has 1 aliphatic heterocycles. The van der Waals surface area contributed by atoms with Crippen molar-refractivity contribution in [3.8, 4) is 5.75 Å². The van der Waals surface area contributed by atoms with Crippen molar-refractivity contribution < 1.29 is 4.74 Å². The van der Waals surface area contributed by atoms with Crippen LogP contribution in [0.2, 0.25) is 5.02 Å². The highest BCUT2D eigenvalue weighted by Gasteiger charge is 2.23. The van der Waals surface area contributed by atoms with Gasteiger partial charge in [-0.05, 0) is 24.6 Å². The predicted octanol–water partition coefficient (Wildman–Crippen LogP) is 2.07. The molecule has 0 bridgehead atoms. The van der Waals surface area contributed by atoms with Gasteiger partial charge < -0.3 is 15.0 Å². The van der Waals surface area contributed by atoms with Gasteiger partial charge in [0.15, 0.2) is 0 Å². The molecule has 0 saturated carbocycles. The summed E-state index contributed by atoms with van der Waals surface area (Å²) in [5.41, 5.74) is 2.37. The predicted molar refractivity (Wildman–Crippen MR) is 67.8 cm³/mol. The molecule has 1 fully saturated rings. The molecule has 0 aliphatic carbocycles. The Balaban J connectivity index is 2.29. The van der Waals surface area contributed by atoms with E-state index in [-0.39, 0.29) is 0 Å². The number of nitrogens with one attached hydrogen (secondary N) is 1. The number of benzene rings is 1. The number of halogens is 1. The van der Waals surface area contributed by atoms with Crippen LogP contribution in [0.15, 0.2) is 12.1 Å². The molecular formula is C12H17ClN2O. The summed E-state index contributed by atoms with van der Waals surface area (Å²) in [7, 11) is 3.75. The van der Waals surface area contributed by atoms with Gasteiger partial charge in [-0.1, -0.05) is 11.6 Å². The average molecular weight is 241 g/mol. The van der Waals surface area contributed by atoms with Crippen LogP contribution >= 0.6 is 11.6 Å². The minimum Gasteiger partial charge on any atom is -0.495 e. The Morgan fingerprint density at radius 2 is 2.12 bits per heavy atom. The average Bonchev–Trinajstić information content (AvgIpc) is 2.18. The Hall–Kier alpha value is -0.930. The van der Waals surface area contributed by atoms with Gasteiger partial charge in [0.2, 0.25) is 0 Å². The number of hydrogen-bond acceptors (Lipinski definition) is 3. The van der Waals surface area contributed by atoms with Crippen LogP contribution in [0, 0.1) is 6.92 Å². The molecule has 0 spiro atoms. The van der Waals surface area contributed by atoms with Gasteiger partial charge in [-0.3, -0.25) is 0 Å². The molecule has 0 atom stereocenters. The first-order valence-corrected chi connectivity index (χ1v) is 5.79. The van der Waals surface area contributed by atoms with E-state index in [4.69, 9.17) is 16.3 Å². The van der Waals surface area contributed by atoms with Gasteiger partial charge in [0.25, 0.3) is 0 Å². The van der Waals surface area contributed by atoms with Crippen LogP contribution in [-0.4, -0.2) is 33.3 Å². The van der Waals surface area contributed by atoms with E-state index in [0.29, 0.717) is 11.1 Å². The van der Waals surface area contributed by atoms with E-state index < -0.39 is 0 Å². The van der Waals surface area contributed by atoms with Crippen LogP contribution in [0.3, 0.4) is 0 Å². The van der Waals surface area contributed by atoms with Crippen LogP contribution in [0.25, 0.3) is 0 Å². The lowest BCUT2D eigenvalue weighted by molar-refractivity contribution is 0.413. The molecule has 2 rings (SSSR count). The molecule has 1 aliphatic rings. The summed E-state index contributed by atoms with van der Waals surface area (Å²) in [6.07, 6.45) is 0.